The average molecular weight is 342 g/mol. The van der Waals surface area contributed by atoms with Crippen molar-refractivity contribution < 1.29 is 13.2 Å². The van der Waals surface area contributed by atoms with E-state index in [1.807, 2.05) is 6.07 Å². The Morgan fingerprint density at radius 3 is 2.41 bits per heavy atom. The van der Waals surface area contributed by atoms with Crippen LogP contribution in [0.25, 0.3) is 11.6 Å². The number of alkyl halides is 3. The zero-order valence-corrected chi connectivity index (χ0v) is 12.5. The van der Waals surface area contributed by atoms with Gasteiger partial charge in [-0.25, -0.2) is 0 Å². The molecule has 0 atom stereocenters. The summed E-state index contributed by atoms with van der Waals surface area (Å²) < 4.78 is 38.2. The summed E-state index contributed by atoms with van der Waals surface area (Å²) in [6.45, 7) is 0. The lowest BCUT2D eigenvalue weighted by molar-refractivity contribution is -0.137. The molecule has 2 aromatic carbocycles. The molecule has 0 aliphatic heterocycles. The van der Waals surface area contributed by atoms with E-state index in [0.29, 0.717) is 15.6 Å². The highest BCUT2D eigenvalue weighted by atomic mass is 35.5. The largest absolute Gasteiger partial charge is 0.416 e. The highest BCUT2D eigenvalue weighted by Gasteiger charge is 2.30. The van der Waals surface area contributed by atoms with Crippen molar-refractivity contribution >= 4 is 34.9 Å². The van der Waals surface area contributed by atoms with E-state index >= 15 is 0 Å². The van der Waals surface area contributed by atoms with Gasteiger partial charge in [0, 0.05) is 10.0 Å². The summed E-state index contributed by atoms with van der Waals surface area (Å²) in [5, 5.41) is 9.95. The third-order valence-electron chi connectivity index (χ3n) is 2.88. The molecule has 2 rings (SSSR count). The standard InChI is InChI=1S/C16H8Cl2F3N/c17-14-5-4-11(15(18)8-14)6-12(9-22)10-2-1-3-13(7-10)16(19,20)21/h1-8H/b12-6+. The van der Waals surface area contributed by atoms with Gasteiger partial charge in [0.2, 0.25) is 0 Å². The van der Waals surface area contributed by atoms with E-state index in [4.69, 9.17) is 23.2 Å². The van der Waals surface area contributed by atoms with Gasteiger partial charge in [0.15, 0.2) is 0 Å². The second-order valence-corrected chi connectivity index (χ2v) is 5.26. The molecule has 0 saturated heterocycles. The van der Waals surface area contributed by atoms with E-state index in [9.17, 15) is 18.4 Å². The Balaban J connectivity index is 2.49. The van der Waals surface area contributed by atoms with Crippen molar-refractivity contribution in [2.75, 3.05) is 0 Å². The molecule has 0 aliphatic carbocycles. The normalized spacial score (nSPS) is 12.1. The van der Waals surface area contributed by atoms with Crippen molar-refractivity contribution in [3.63, 3.8) is 0 Å². The van der Waals surface area contributed by atoms with Gasteiger partial charge in [-0.05, 0) is 41.5 Å². The van der Waals surface area contributed by atoms with E-state index < -0.39 is 11.7 Å². The molecule has 0 fully saturated rings. The van der Waals surface area contributed by atoms with Crippen LogP contribution in [0, 0.1) is 11.3 Å². The molecule has 0 aliphatic rings. The van der Waals surface area contributed by atoms with Crippen LogP contribution in [0.15, 0.2) is 42.5 Å². The molecule has 0 spiro atoms. The van der Waals surface area contributed by atoms with Gasteiger partial charge in [-0.15, -0.1) is 0 Å². The first kappa shape index (κ1) is 16.4. The Labute approximate surface area is 135 Å². The lowest BCUT2D eigenvalue weighted by Gasteiger charge is -2.08. The minimum Gasteiger partial charge on any atom is -0.192 e. The minimum absolute atomic E-state index is 0.0790. The van der Waals surface area contributed by atoms with Gasteiger partial charge in [0.1, 0.15) is 0 Å². The second kappa shape index (κ2) is 6.43. The van der Waals surface area contributed by atoms with Crippen LogP contribution in [-0.4, -0.2) is 0 Å². The van der Waals surface area contributed by atoms with Crippen LogP contribution in [0.4, 0.5) is 13.2 Å². The molecule has 0 N–H and O–H groups in total. The molecule has 22 heavy (non-hydrogen) atoms. The van der Waals surface area contributed by atoms with Gasteiger partial charge in [-0.2, -0.15) is 18.4 Å². The van der Waals surface area contributed by atoms with Crippen molar-refractivity contribution in [2.45, 2.75) is 6.18 Å². The lowest BCUT2D eigenvalue weighted by atomic mass is 10.0. The zero-order chi connectivity index (χ0) is 16.3. The number of hydrogen-bond donors (Lipinski definition) is 0. The number of halogens is 5. The summed E-state index contributed by atoms with van der Waals surface area (Å²) in [5.74, 6) is 0. The molecule has 112 valence electrons. The zero-order valence-electron chi connectivity index (χ0n) is 11.0. The topological polar surface area (TPSA) is 23.8 Å². The molecule has 0 radical (unpaired) electrons. The van der Waals surface area contributed by atoms with E-state index in [1.54, 1.807) is 12.1 Å². The Bertz CT molecular complexity index is 774. The molecule has 0 heterocycles. The van der Waals surface area contributed by atoms with E-state index in [2.05, 4.69) is 0 Å². The molecular weight excluding hydrogens is 334 g/mol. The third kappa shape index (κ3) is 3.82. The summed E-state index contributed by atoms with van der Waals surface area (Å²) in [5.41, 5.74) is -0.0629. The Hall–Kier alpha value is -1.96. The molecule has 0 amide bonds. The monoisotopic (exact) mass is 341 g/mol. The fraction of sp³-hybridized carbons (Fsp3) is 0.0625. The third-order valence-corrected chi connectivity index (χ3v) is 3.45. The van der Waals surface area contributed by atoms with Crippen LogP contribution < -0.4 is 0 Å². The second-order valence-electron chi connectivity index (χ2n) is 4.41. The highest BCUT2D eigenvalue weighted by molar-refractivity contribution is 6.35. The first-order chi connectivity index (χ1) is 10.3. The first-order valence-corrected chi connectivity index (χ1v) is 6.81. The molecule has 0 unspecified atom stereocenters. The Morgan fingerprint density at radius 2 is 1.82 bits per heavy atom. The molecule has 0 bridgehead atoms. The van der Waals surface area contributed by atoms with Crippen LogP contribution in [0.2, 0.25) is 10.0 Å². The fourth-order valence-electron chi connectivity index (χ4n) is 1.82. The van der Waals surface area contributed by atoms with Gasteiger partial charge >= 0.3 is 6.18 Å². The van der Waals surface area contributed by atoms with Gasteiger partial charge < -0.3 is 0 Å². The number of rotatable bonds is 2. The number of benzene rings is 2. The van der Waals surface area contributed by atoms with Gasteiger partial charge in [0.25, 0.3) is 0 Å². The average Bonchev–Trinajstić information content (AvgIpc) is 2.46. The van der Waals surface area contributed by atoms with Crippen LogP contribution in [0.5, 0.6) is 0 Å². The summed E-state index contributed by atoms with van der Waals surface area (Å²) in [6.07, 6.45) is -3.04. The number of hydrogen-bond acceptors (Lipinski definition) is 1. The maximum atomic E-state index is 12.7. The Morgan fingerprint density at radius 1 is 1.09 bits per heavy atom. The summed E-state index contributed by atoms with van der Waals surface area (Å²) >= 11 is 11.8. The summed E-state index contributed by atoms with van der Waals surface area (Å²) in [7, 11) is 0. The number of nitriles is 1. The highest BCUT2D eigenvalue weighted by Crippen LogP contribution is 2.32. The minimum atomic E-state index is -4.46. The molecule has 0 saturated carbocycles. The maximum absolute atomic E-state index is 12.7. The fourth-order valence-corrected chi connectivity index (χ4v) is 2.28. The Kier molecular flexibility index (Phi) is 4.80. The SMILES string of the molecule is N#C/C(=C\c1ccc(Cl)cc1Cl)c1cccc(C(F)(F)F)c1. The van der Waals surface area contributed by atoms with Crippen LogP contribution in [-0.2, 0) is 6.18 Å². The summed E-state index contributed by atoms with van der Waals surface area (Å²) in [4.78, 5) is 0. The van der Waals surface area contributed by atoms with E-state index in [1.165, 1.54) is 24.3 Å². The van der Waals surface area contributed by atoms with Gasteiger partial charge in [-0.3, -0.25) is 0 Å². The smallest absolute Gasteiger partial charge is 0.192 e. The molecule has 2 aromatic rings. The van der Waals surface area contributed by atoms with Crippen molar-refractivity contribution in [1.82, 2.24) is 0 Å². The molecule has 0 aromatic heterocycles. The van der Waals surface area contributed by atoms with Crippen molar-refractivity contribution in [3.8, 4) is 6.07 Å². The van der Waals surface area contributed by atoms with E-state index in [0.717, 1.165) is 12.1 Å². The lowest BCUT2D eigenvalue weighted by Crippen LogP contribution is -2.04. The first-order valence-electron chi connectivity index (χ1n) is 6.06. The molecule has 1 nitrogen and oxygen atoms in total. The van der Waals surface area contributed by atoms with Crippen LogP contribution >= 0.6 is 23.2 Å². The quantitative estimate of drug-likeness (QED) is 0.479. The van der Waals surface area contributed by atoms with E-state index in [-0.39, 0.29) is 11.1 Å². The number of nitrogens with zero attached hydrogens (tertiary/aromatic N) is 1. The van der Waals surface area contributed by atoms with Crippen molar-refractivity contribution in [2.24, 2.45) is 0 Å². The van der Waals surface area contributed by atoms with Gasteiger partial charge in [0.05, 0.1) is 17.2 Å². The van der Waals surface area contributed by atoms with Gasteiger partial charge in [-0.1, -0.05) is 41.4 Å². The number of allylic oxidation sites excluding steroid dienone is 1. The predicted octanol–water partition coefficient (Wildman–Crippen LogP) is 6.08. The predicted molar refractivity (Wildman–Crippen MR) is 81.4 cm³/mol. The summed E-state index contributed by atoms with van der Waals surface area (Å²) in [6, 6.07) is 11.1. The molecular formula is C16H8Cl2F3N. The van der Waals surface area contributed by atoms with Crippen LogP contribution in [0.3, 0.4) is 0 Å². The molecule has 6 heteroatoms. The van der Waals surface area contributed by atoms with Crippen molar-refractivity contribution in [3.05, 3.63) is 69.2 Å². The van der Waals surface area contributed by atoms with Crippen LogP contribution in [0.1, 0.15) is 16.7 Å². The maximum Gasteiger partial charge on any atom is 0.416 e. The van der Waals surface area contributed by atoms with Crippen molar-refractivity contribution in [1.29, 1.82) is 5.26 Å².